The SMILES string of the molecule is COc1ccc(CSc2nccc(C)n2)cc1C(=N)N. The van der Waals surface area contributed by atoms with E-state index in [1.165, 1.54) is 0 Å². The first-order valence-corrected chi connectivity index (χ1v) is 7.02. The second kappa shape index (κ2) is 6.38. The molecule has 1 aromatic carbocycles. The molecule has 2 rings (SSSR count). The molecule has 20 heavy (non-hydrogen) atoms. The van der Waals surface area contributed by atoms with Gasteiger partial charge in [-0.05, 0) is 30.7 Å². The van der Waals surface area contributed by atoms with Gasteiger partial charge in [-0.15, -0.1) is 0 Å². The van der Waals surface area contributed by atoms with Crippen LogP contribution in [0.4, 0.5) is 0 Å². The Balaban J connectivity index is 2.14. The molecule has 6 heteroatoms. The average Bonchev–Trinajstić information content (AvgIpc) is 2.45. The number of nitrogens with one attached hydrogen (secondary N) is 1. The van der Waals surface area contributed by atoms with Gasteiger partial charge in [0.15, 0.2) is 5.16 Å². The first-order chi connectivity index (χ1) is 9.60. The zero-order valence-electron chi connectivity index (χ0n) is 11.4. The molecular formula is C14H16N4OS. The second-order valence-electron chi connectivity index (χ2n) is 4.22. The van der Waals surface area contributed by atoms with Crippen LogP contribution in [0, 0.1) is 12.3 Å². The summed E-state index contributed by atoms with van der Waals surface area (Å²) in [5.74, 6) is 1.33. The number of nitrogens with two attached hydrogens (primary N) is 1. The van der Waals surface area contributed by atoms with Gasteiger partial charge in [0.2, 0.25) is 0 Å². The minimum absolute atomic E-state index is 0.000468. The van der Waals surface area contributed by atoms with Crippen molar-refractivity contribution in [2.75, 3.05) is 7.11 Å². The van der Waals surface area contributed by atoms with Crippen molar-refractivity contribution in [3.63, 3.8) is 0 Å². The minimum Gasteiger partial charge on any atom is -0.496 e. The highest BCUT2D eigenvalue weighted by molar-refractivity contribution is 7.98. The van der Waals surface area contributed by atoms with E-state index >= 15 is 0 Å². The lowest BCUT2D eigenvalue weighted by molar-refractivity contribution is 0.413. The zero-order valence-corrected chi connectivity index (χ0v) is 12.2. The van der Waals surface area contributed by atoms with Crippen LogP contribution < -0.4 is 10.5 Å². The summed E-state index contributed by atoms with van der Waals surface area (Å²) >= 11 is 1.55. The Morgan fingerprint density at radius 2 is 2.20 bits per heavy atom. The second-order valence-corrected chi connectivity index (χ2v) is 5.16. The van der Waals surface area contributed by atoms with Crippen LogP contribution in [0.25, 0.3) is 0 Å². The summed E-state index contributed by atoms with van der Waals surface area (Å²) in [5.41, 5.74) is 8.16. The van der Waals surface area contributed by atoms with E-state index in [4.69, 9.17) is 15.9 Å². The fourth-order valence-corrected chi connectivity index (χ4v) is 2.52. The van der Waals surface area contributed by atoms with Crippen molar-refractivity contribution in [1.82, 2.24) is 9.97 Å². The van der Waals surface area contributed by atoms with Crippen molar-refractivity contribution in [3.05, 3.63) is 47.3 Å². The zero-order chi connectivity index (χ0) is 14.5. The Labute approximate surface area is 122 Å². The third kappa shape index (κ3) is 3.48. The van der Waals surface area contributed by atoms with Crippen LogP contribution in [0.1, 0.15) is 16.8 Å². The molecule has 0 radical (unpaired) electrons. The molecule has 1 heterocycles. The van der Waals surface area contributed by atoms with E-state index in [1.807, 2.05) is 31.2 Å². The molecule has 0 atom stereocenters. The molecule has 0 amide bonds. The van der Waals surface area contributed by atoms with Crippen molar-refractivity contribution in [2.24, 2.45) is 5.73 Å². The van der Waals surface area contributed by atoms with E-state index in [-0.39, 0.29) is 5.84 Å². The Hall–Kier alpha value is -2.08. The van der Waals surface area contributed by atoms with Gasteiger partial charge in [-0.3, -0.25) is 5.41 Å². The Morgan fingerprint density at radius 1 is 1.40 bits per heavy atom. The van der Waals surface area contributed by atoms with E-state index in [0.717, 1.165) is 16.4 Å². The predicted molar refractivity (Wildman–Crippen MR) is 80.3 cm³/mol. The first kappa shape index (κ1) is 14.3. The first-order valence-electron chi connectivity index (χ1n) is 6.04. The summed E-state index contributed by atoms with van der Waals surface area (Å²) in [6.07, 6.45) is 1.75. The molecule has 0 aliphatic heterocycles. The van der Waals surface area contributed by atoms with E-state index in [9.17, 15) is 0 Å². The van der Waals surface area contributed by atoms with Crippen LogP contribution in [-0.2, 0) is 5.75 Å². The molecule has 0 saturated heterocycles. The molecule has 0 unspecified atom stereocenters. The highest BCUT2D eigenvalue weighted by Crippen LogP contribution is 2.24. The number of rotatable bonds is 5. The Bertz CT molecular complexity index is 630. The minimum atomic E-state index is 0.000468. The smallest absolute Gasteiger partial charge is 0.188 e. The molecule has 5 nitrogen and oxygen atoms in total. The standard InChI is InChI=1S/C14H16N4OS/c1-9-5-6-17-14(18-9)20-8-10-3-4-12(19-2)11(7-10)13(15)16/h3-7H,8H2,1-2H3,(H3,15,16). The predicted octanol–water partition coefficient (Wildman–Crippen LogP) is 2.37. The molecule has 0 aliphatic carbocycles. The topological polar surface area (TPSA) is 84.9 Å². The third-order valence-corrected chi connectivity index (χ3v) is 3.63. The molecule has 2 aromatic rings. The molecule has 1 aromatic heterocycles. The summed E-state index contributed by atoms with van der Waals surface area (Å²) in [5, 5.41) is 8.31. The molecule has 104 valence electrons. The van der Waals surface area contributed by atoms with Gasteiger partial charge in [0, 0.05) is 17.6 Å². The van der Waals surface area contributed by atoms with E-state index in [0.29, 0.717) is 17.1 Å². The van der Waals surface area contributed by atoms with Crippen LogP contribution >= 0.6 is 11.8 Å². The highest BCUT2D eigenvalue weighted by atomic mass is 32.2. The maximum atomic E-state index is 7.57. The average molecular weight is 288 g/mol. The molecule has 0 fully saturated rings. The third-order valence-electron chi connectivity index (χ3n) is 2.69. The molecule has 0 bridgehead atoms. The van der Waals surface area contributed by atoms with Crippen LogP contribution in [0.5, 0.6) is 5.75 Å². The number of aromatic nitrogens is 2. The Morgan fingerprint density at radius 3 is 2.85 bits per heavy atom. The van der Waals surface area contributed by atoms with Gasteiger partial charge < -0.3 is 10.5 Å². The van der Waals surface area contributed by atoms with Gasteiger partial charge >= 0.3 is 0 Å². The molecule has 3 N–H and O–H groups in total. The van der Waals surface area contributed by atoms with Crippen molar-refractivity contribution in [1.29, 1.82) is 5.41 Å². The number of hydrogen-bond acceptors (Lipinski definition) is 5. The van der Waals surface area contributed by atoms with Gasteiger partial charge in [0.1, 0.15) is 11.6 Å². The molecular weight excluding hydrogens is 272 g/mol. The summed E-state index contributed by atoms with van der Waals surface area (Å²) in [6, 6.07) is 7.51. The van der Waals surface area contributed by atoms with Gasteiger partial charge in [-0.25, -0.2) is 9.97 Å². The fourth-order valence-electron chi connectivity index (χ4n) is 1.70. The van der Waals surface area contributed by atoms with Crippen molar-refractivity contribution in [2.45, 2.75) is 17.8 Å². The highest BCUT2D eigenvalue weighted by Gasteiger charge is 2.08. The maximum Gasteiger partial charge on any atom is 0.188 e. The number of ether oxygens (including phenoxy) is 1. The number of thioether (sulfide) groups is 1. The fraction of sp³-hybridized carbons (Fsp3) is 0.214. The number of methoxy groups -OCH3 is 1. The van der Waals surface area contributed by atoms with Crippen LogP contribution in [0.2, 0.25) is 0 Å². The lowest BCUT2D eigenvalue weighted by atomic mass is 10.1. The van der Waals surface area contributed by atoms with Crippen LogP contribution in [0.15, 0.2) is 35.6 Å². The largest absolute Gasteiger partial charge is 0.496 e. The number of benzene rings is 1. The van der Waals surface area contributed by atoms with Gasteiger partial charge in [0.25, 0.3) is 0 Å². The van der Waals surface area contributed by atoms with E-state index in [2.05, 4.69) is 9.97 Å². The van der Waals surface area contributed by atoms with Crippen LogP contribution in [-0.4, -0.2) is 22.9 Å². The normalized spacial score (nSPS) is 10.3. The van der Waals surface area contributed by atoms with E-state index in [1.54, 1.807) is 25.1 Å². The van der Waals surface area contributed by atoms with Crippen molar-refractivity contribution in [3.8, 4) is 5.75 Å². The molecule has 0 aliphatic rings. The molecule has 0 saturated carbocycles. The maximum absolute atomic E-state index is 7.57. The number of aryl methyl sites for hydroxylation is 1. The lowest BCUT2D eigenvalue weighted by Crippen LogP contribution is -2.12. The quantitative estimate of drug-likeness (QED) is 0.382. The Kier molecular flexibility index (Phi) is 4.57. The van der Waals surface area contributed by atoms with E-state index < -0.39 is 0 Å². The van der Waals surface area contributed by atoms with Gasteiger partial charge in [0.05, 0.1) is 12.7 Å². The number of nitrogens with zero attached hydrogens (tertiary/aromatic N) is 2. The monoisotopic (exact) mass is 288 g/mol. The number of nitrogen functional groups attached to an aromatic ring is 1. The lowest BCUT2D eigenvalue weighted by Gasteiger charge is -2.09. The van der Waals surface area contributed by atoms with Crippen molar-refractivity contribution < 1.29 is 4.74 Å². The summed E-state index contributed by atoms with van der Waals surface area (Å²) in [6.45, 7) is 1.94. The number of amidine groups is 1. The molecule has 0 spiro atoms. The summed E-state index contributed by atoms with van der Waals surface area (Å²) in [4.78, 5) is 8.55. The number of hydrogen-bond donors (Lipinski definition) is 2. The summed E-state index contributed by atoms with van der Waals surface area (Å²) in [7, 11) is 1.57. The summed E-state index contributed by atoms with van der Waals surface area (Å²) < 4.78 is 5.19. The van der Waals surface area contributed by atoms with Gasteiger partial charge in [-0.1, -0.05) is 17.8 Å². The van der Waals surface area contributed by atoms with Crippen molar-refractivity contribution >= 4 is 17.6 Å². The van der Waals surface area contributed by atoms with Crippen LogP contribution in [0.3, 0.4) is 0 Å². The van der Waals surface area contributed by atoms with Gasteiger partial charge in [-0.2, -0.15) is 0 Å².